The highest BCUT2D eigenvalue weighted by atomic mass is 16.5. The number of rotatable bonds is 6. The summed E-state index contributed by atoms with van der Waals surface area (Å²) in [6, 6.07) is 10.8. The van der Waals surface area contributed by atoms with Crippen molar-refractivity contribution < 1.29 is 18.7 Å². The lowest BCUT2D eigenvalue weighted by atomic mass is 10.1. The van der Waals surface area contributed by atoms with Crippen LogP contribution in [0.1, 0.15) is 41.3 Å². The van der Waals surface area contributed by atoms with Crippen molar-refractivity contribution in [2.75, 3.05) is 20.2 Å². The summed E-state index contributed by atoms with van der Waals surface area (Å²) in [5.41, 5.74) is 0.581. The van der Waals surface area contributed by atoms with E-state index >= 15 is 0 Å². The van der Waals surface area contributed by atoms with Gasteiger partial charge in [0, 0.05) is 37.4 Å². The van der Waals surface area contributed by atoms with Crippen LogP contribution >= 0.6 is 0 Å². The Labute approximate surface area is 141 Å². The molecule has 0 saturated carbocycles. The number of ether oxygens (including phenoxy) is 1. The Hall–Kier alpha value is -2.56. The number of benzene rings is 1. The summed E-state index contributed by atoms with van der Waals surface area (Å²) in [6.07, 6.45) is 3.02. The van der Waals surface area contributed by atoms with Crippen LogP contribution in [0.4, 0.5) is 0 Å². The van der Waals surface area contributed by atoms with E-state index in [1.807, 2.05) is 17.0 Å². The summed E-state index contributed by atoms with van der Waals surface area (Å²) in [4.78, 5) is 26.4. The van der Waals surface area contributed by atoms with E-state index < -0.39 is 0 Å². The number of methoxy groups -OCH3 is 1. The lowest BCUT2D eigenvalue weighted by Crippen LogP contribution is -2.28. The third-order valence-electron chi connectivity index (χ3n) is 4.44. The second kappa shape index (κ2) is 7.34. The van der Waals surface area contributed by atoms with E-state index in [1.165, 1.54) is 0 Å². The lowest BCUT2D eigenvalue weighted by molar-refractivity contribution is -0.130. The van der Waals surface area contributed by atoms with Crippen LogP contribution in [-0.4, -0.2) is 36.8 Å². The molecule has 2 aromatic rings. The Balaban J connectivity index is 1.51. The molecule has 1 aromatic heterocycles. The molecule has 1 unspecified atom stereocenters. The van der Waals surface area contributed by atoms with Crippen molar-refractivity contribution >= 4 is 11.7 Å². The summed E-state index contributed by atoms with van der Waals surface area (Å²) in [5, 5.41) is 0. The number of likely N-dealkylation sites (tertiary alicyclic amines) is 1. The molecule has 0 radical (unpaired) electrons. The van der Waals surface area contributed by atoms with Crippen LogP contribution in [-0.2, 0) is 4.79 Å². The first-order chi connectivity index (χ1) is 11.7. The fraction of sp³-hybridized carbons (Fsp3) is 0.368. The third kappa shape index (κ3) is 3.67. The Bertz CT molecular complexity index is 708. The highest BCUT2D eigenvalue weighted by Crippen LogP contribution is 2.28. The molecule has 1 aliphatic heterocycles. The van der Waals surface area contributed by atoms with Gasteiger partial charge in [-0.25, -0.2) is 0 Å². The van der Waals surface area contributed by atoms with Gasteiger partial charge >= 0.3 is 0 Å². The number of ketones is 1. The molecule has 1 atom stereocenters. The smallest absolute Gasteiger partial charge is 0.223 e. The van der Waals surface area contributed by atoms with E-state index in [-0.39, 0.29) is 30.4 Å². The van der Waals surface area contributed by atoms with Gasteiger partial charge in [0.1, 0.15) is 11.5 Å². The van der Waals surface area contributed by atoms with Crippen LogP contribution in [0.5, 0.6) is 5.75 Å². The van der Waals surface area contributed by atoms with Crippen LogP contribution in [0, 0.1) is 0 Å². The van der Waals surface area contributed by atoms with Gasteiger partial charge in [0.2, 0.25) is 5.91 Å². The first-order valence-corrected chi connectivity index (χ1v) is 8.16. The topological polar surface area (TPSA) is 59.8 Å². The molecule has 0 aliphatic carbocycles. The molecular formula is C19H21NO4. The fourth-order valence-corrected chi connectivity index (χ4v) is 3.06. The minimum Gasteiger partial charge on any atom is -0.497 e. The number of hydrogen-bond acceptors (Lipinski definition) is 4. The molecule has 1 amide bonds. The number of hydrogen-bond donors (Lipinski definition) is 0. The van der Waals surface area contributed by atoms with Crippen LogP contribution in [0.25, 0.3) is 0 Å². The minimum absolute atomic E-state index is 0.0281. The molecule has 0 N–H and O–H groups in total. The molecule has 126 valence electrons. The average Bonchev–Trinajstić information content (AvgIpc) is 3.30. The predicted octanol–water partition coefficient (Wildman–Crippen LogP) is 3.27. The Morgan fingerprint density at radius 1 is 1.25 bits per heavy atom. The maximum Gasteiger partial charge on any atom is 0.223 e. The molecule has 1 fully saturated rings. The van der Waals surface area contributed by atoms with Gasteiger partial charge in [-0.3, -0.25) is 9.59 Å². The summed E-state index contributed by atoms with van der Waals surface area (Å²) < 4.78 is 10.5. The molecule has 24 heavy (non-hydrogen) atoms. The Morgan fingerprint density at radius 3 is 2.88 bits per heavy atom. The third-order valence-corrected chi connectivity index (χ3v) is 4.44. The quantitative estimate of drug-likeness (QED) is 0.764. The van der Waals surface area contributed by atoms with E-state index in [0.29, 0.717) is 17.9 Å². The van der Waals surface area contributed by atoms with E-state index in [9.17, 15) is 9.59 Å². The van der Waals surface area contributed by atoms with Crippen molar-refractivity contribution in [3.8, 4) is 5.75 Å². The van der Waals surface area contributed by atoms with Gasteiger partial charge in [0.05, 0.1) is 13.4 Å². The predicted molar refractivity (Wildman–Crippen MR) is 89.2 cm³/mol. The number of Topliss-reactive ketones (excluding diaryl/α,β-unsaturated/α-hetero) is 1. The van der Waals surface area contributed by atoms with Gasteiger partial charge in [-0.05, 0) is 30.7 Å². The largest absolute Gasteiger partial charge is 0.497 e. The second-order valence-corrected chi connectivity index (χ2v) is 6.00. The number of carbonyl (C=O) groups excluding carboxylic acids is 2. The normalized spacial score (nSPS) is 17.0. The highest BCUT2D eigenvalue weighted by Gasteiger charge is 2.28. The van der Waals surface area contributed by atoms with Crippen molar-refractivity contribution in [3.05, 3.63) is 54.0 Å². The molecule has 5 nitrogen and oxygen atoms in total. The molecule has 1 aromatic carbocycles. The summed E-state index contributed by atoms with van der Waals surface area (Å²) in [6.45, 7) is 1.39. The van der Waals surface area contributed by atoms with Gasteiger partial charge in [-0.15, -0.1) is 0 Å². The average molecular weight is 327 g/mol. The minimum atomic E-state index is -0.0379. The monoisotopic (exact) mass is 327 g/mol. The SMILES string of the molecule is COc1cccc(C(=O)CCC(=O)N2CCC(c3ccco3)C2)c1. The Morgan fingerprint density at radius 2 is 2.12 bits per heavy atom. The van der Waals surface area contributed by atoms with Crippen LogP contribution in [0.3, 0.4) is 0 Å². The zero-order valence-electron chi connectivity index (χ0n) is 13.7. The van der Waals surface area contributed by atoms with E-state index in [2.05, 4.69) is 0 Å². The maximum atomic E-state index is 12.3. The maximum absolute atomic E-state index is 12.3. The van der Waals surface area contributed by atoms with Gasteiger partial charge in [0.15, 0.2) is 5.78 Å². The summed E-state index contributed by atoms with van der Waals surface area (Å²) in [7, 11) is 1.57. The summed E-state index contributed by atoms with van der Waals surface area (Å²) in [5.74, 6) is 1.83. The Kier molecular flexibility index (Phi) is 4.99. The number of amides is 1. The van der Waals surface area contributed by atoms with Gasteiger partial charge in [-0.1, -0.05) is 12.1 Å². The van der Waals surface area contributed by atoms with Crippen molar-refractivity contribution in [2.24, 2.45) is 0 Å². The fourth-order valence-electron chi connectivity index (χ4n) is 3.06. The van der Waals surface area contributed by atoms with Crippen molar-refractivity contribution in [3.63, 3.8) is 0 Å². The van der Waals surface area contributed by atoms with Crippen LogP contribution in [0.15, 0.2) is 47.1 Å². The summed E-state index contributed by atoms with van der Waals surface area (Å²) >= 11 is 0. The van der Waals surface area contributed by atoms with E-state index in [0.717, 1.165) is 18.7 Å². The zero-order chi connectivity index (χ0) is 16.9. The molecular weight excluding hydrogens is 306 g/mol. The molecule has 0 spiro atoms. The standard InChI is InChI=1S/C19H21NO4/c1-23-16-5-2-4-14(12-16)17(21)7-8-19(22)20-10-9-15(13-20)18-6-3-11-24-18/h2-6,11-12,15H,7-10,13H2,1H3. The number of furan rings is 1. The zero-order valence-corrected chi connectivity index (χ0v) is 13.7. The van der Waals surface area contributed by atoms with E-state index in [1.54, 1.807) is 37.6 Å². The van der Waals surface area contributed by atoms with Crippen molar-refractivity contribution in [1.82, 2.24) is 4.90 Å². The molecule has 5 heteroatoms. The van der Waals surface area contributed by atoms with Gasteiger partial charge in [0.25, 0.3) is 0 Å². The van der Waals surface area contributed by atoms with Crippen molar-refractivity contribution in [2.45, 2.75) is 25.2 Å². The second-order valence-electron chi connectivity index (χ2n) is 6.00. The van der Waals surface area contributed by atoms with Gasteiger partial charge in [-0.2, -0.15) is 0 Å². The molecule has 0 bridgehead atoms. The van der Waals surface area contributed by atoms with Crippen LogP contribution < -0.4 is 4.74 Å². The highest BCUT2D eigenvalue weighted by molar-refractivity contribution is 5.98. The number of nitrogens with zero attached hydrogens (tertiary/aromatic N) is 1. The molecule has 1 saturated heterocycles. The van der Waals surface area contributed by atoms with E-state index in [4.69, 9.17) is 9.15 Å². The molecule has 2 heterocycles. The van der Waals surface area contributed by atoms with Crippen molar-refractivity contribution in [1.29, 1.82) is 0 Å². The molecule has 1 aliphatic rings. The lowest BCUT2D eigenvalue weighted by Gasteiger charge is -2.15. The molecule has 3 rings (SSSR count). The first-order valence-electron chi connectivity index (χ1n) is 8.16. The number of carbonyl (C=O) groups is 2. The van der Waals surface area contributed by atoms with Crippen LogP contribution in [0.2, 0.25) is 0 Å². The first kappa shape index (κ1) is 16.3. The van der Waals surface area contributed by atoms with Gasteiger partial charge < -0.3 is 14.1 Å².